The highest BCUT2D eigenvalue weighted by Gasteiger charge is 2.13. The first kappa shape index (κ1) is 23.9. The number of aromatic nitrogens is 2. The normalized spacial score (nSPS) is 12.2. The third-order valence-electron chi connectivity index (χ3n) is 6.18. The van der Waals surface area contributed by atoms with Gasteiger partial charge in [0, 0.05) is 48.8 Å². The number of imidazole rings is 1. The number of aryl methyl sites for hydroxylation is 2. The highest BCUT2D eigenvalue weighted by Crippen LogP contribution is 2.22. The van der Waals surface area contributed by atoms with Crippen molar-refractivity contribution in [3.05, 3.63) is 107 Å². The highest BCUT2D eigenvalue weighted by molar-refractivity contribution is 5.98. The number of hydrogen-bond donors (Lipinski definition) is 2. The molecule has 3 heterocycles. The molecule has 7 heteroatoms. The number of pyridine rings is 1. The van der Waals surface area contributed by atoms with Crippen molar-refractivity contribution in [2.45, 2.75) is 27.2 Å². The number of nitrogens with zero attached hydrogens (tertiary/aromatic N) is 3. The number of carbonyl (C=O) groups is 2. The van der Waals surface area contributed by atoms with Gasteiger partial charge in [-0.1, -0.05) is 24.1 Å². The van der Waals surface area contributed by atoms with Crippen LogP contribution in [0.2, 0.25) is 0 Å². The van der Waals surface area contributed by atoms with Crippen LogP contribution >= 0.6 is 0 Å². The van der Waals surface area contributed by atoms with Crippen molar-refractivity contribution in [1.82, 2.24) is 14.7 Å². The van der Waals surface area contributed by atoms with Gasteiger partial charge in [0.15, 0.2) is 11.4 Å². The van der Waals surface area contributed by atoms with E-state index in [4.69, 9.17) is 0 Å². The number of fused-ring (bicyclic) bond motifs is 1. The van der Waals surface area contributed by atoms with Crippen molar-refractivity contribution in [2.75, 3.05) is 16.9 Å². The van der Waals surface area contributed by atoms with Crippen LogP contribution in [0.15, 0.2) is 73.3 Å². The molecule has 0 aliphatic carbocycles. The molecule has 1 amide bonds. The number of rotatable bonds is 5. The van der Waals surface area contributed by atoms with E-state index >= 15 is 0 Å². The van der Waals surface area contributed by atoms with E-state index in [-0.39, 0.29) is 11.7 Å². The molecular weight excluding hydrogens is 462 g/mol. The lowest BCUT2D eigenvalue weighted by molar-refractivity contribution is -0.114. The van der Waals surface area contributed by atoms with Crippen LogP contribution in [-0.4, -0.2) is 27.7 Å². The lowest BCUT2D eigenvalue weighted by Gasteiger charge is -2.17. The first-order chi connectivity index (χ1) is 17.9. The Balaban J connectivity index is 1.39. The second-order valence-corrected chi connectivity index (χ2v) is 9.14. The summed E-state index contributed by atoms with van der Waals surface area (Å²) in [4.78, 5) is 31.2. The maximum atomic E-state index is 13.2. The summed E-state index contributed by atoms with van der Waals surface area (Å²) in [5, 5.41) is 5.96. The summed E-state index contributed by atoms with van der Waals surface area (Å²) in [6.07, 6.45) is 7.76. The molecule has 1 aliphatic heterocycles. The van der Waals surface area contributed by atoms with Gasteiger partial charge in [-0.2, -0.15) is 0 Å². The summed E-state index contributed by atoms with van der Waals surface area (Å²) in [5.41, 5.74) is 7.51. The van der Waals surface area contributed by atoms with Crippen molar-refractivity contribution >= 4 is 28.7 Å². The number of hydrogen-bond acceptors (Lipinski definition) is 5. The minimum atomic E-state index is -0.160. The first-order valence-electron chi connectivity index (χ1n) is 12.0. The molecule has 2 aromatic carbocycles. The SMILES string of the molecule is CC(=O)Nc1cccn2c(C#Cc3cc(C(=O)Cc4cc(C)cc(N5C=CNC5)c4)ccc3C)cnc12. The fourth-order valence-electron chi connectivity index (χ4n) is 4.37. The van der Waals surface area contributed by atoms with E-state index in [0.717, 1.165) is 34.6 Å². The second kappa shape index (κ2) is 10.0. The fourth-order valence-corrected chi connectivity index (χ4v) is 4.37. The Morgan fingerprint density at radius 2 is 1.97 bits per heavy atom. The molecule has 2 N–H and O–H groups in total. The van der Waals surface area contributed by atoms with Crippen LogP contribution in [0.1, 0.15) is 45.2 Å². The quantitative estimate of drug-likeness (QED) is 0.317. The summed E-state index contributed by atoms with van der Waals surface area (Å²) < 4.78 is 1.84. The topological polar surface area (TPSA) is 78.7 Å². The lowest BCUT2D eigenvalue weighted by atomic mass is 9.97. The van der Waals surface area contributed by atoms with Crippen LogP contribution in [0.25, 0.3) is 5.65 Å². The standard InChI is InChI=1S/C30H27N5O2/c1-20-13-23(15-27(14-20)34-12-10-31-19-34)16-29(37)25-7-6-21(2)24(17-25)8-9-26-18-32-30-28(33-22(3)36)5-4-11-35(26)30/h4-7,10-15,17-18,31H,16,19H2,1-3H3,(H,33,36). The minimum Gasteiger partial charge on any atom is -0.372 e. The summed E-state index contributed by atoms with van der Waals surface area (Å²) in [5.74, 6) is 6.27. The summed E-state index contributed by atoms with van der Waals surface area (Å²) in [6.45, 7) is 6.21. The average molecular weight is 490 g/mol. The summed E-state index contributed by atoms with van der Waals surface area (Å²) >= 11 is 0. The van der Waals surface area contributed by atoms with E-state index in [1.54, 1.807) is 12.3 Å². The van der Waals surface area contributed by atoms with Crippen molar-refractivity contribution in [3.63, 3.8) is 0 Å². The number of anilines is 2. The first-order valence-corrected chi connectivity index (χ1v) is 12.0. The molecule has 0 bridgehead atoms. The van der Waals surface area contributed by atoms with Gasteiger partial charge < -0.3 is 15.5 Å². The van der Waals surface area contributed by atoms with Crippen LogP contribution in [-0.2, 0) is 11.2 Å². The van der Waals surface area contributed by atoms with E-state index in [1.165, 1.54) is 6.92 Å². The molecule has 0 fully saturated rings. The molecule has 0 saturated carbocycles. The number of amides is 1. The molecule has 1 aliphatic rings. The molecule has 0 atom stereocenters. The van der Waals surface area contributed by atoms with E-state index in [0.29, 0.717) is 29.0 Å². The molecular formula is C30H27N5O2. The molecule has 4 aromatic rings. The van der Waals surface area contributed by atoms with Gasteiger partial charge in [-0.15, -0.1) is 0 Å². The van der Waals surface area contributed by atoms with E-state index in [2.05, 4.69) is 50.6 Å². The zero-order valence-electron chi connectivity index (χ0n) is 21.0. The Bertz CT molecular complexity index is 1620. The van der Waals surface area contributed by atoms with E-state index in [9.17, 15) is 9.59 Å². The molecule has 0 unspecified atom stereocenters. The Hall–Kier alpha value is -4.83. The summed E-state index contributed by atoms with van der Waals surface area (Å²) in [6, 6.07) is 15.5. The molecule has 0 radical (unpaired) electrons. The predicted octanol–water partition coefficient (Wildman–Crippen LogP) is 4.57. The van der Waals surface area contributed by atoms with Gasteiger partial charge in [-0.25, -0.2) is 4.98 Å². The molecule has 37 heavy (non-hydrogen) atoms. The van der Waals surface area contributed by atoms with Crippen molar-refractivity contribution in [1.29, 1.82) is 0 Å². The monoisotopic (exact) mass is 489 g/mol. The Morgan fingerprint density at radius 3 is 2.76 bits per heavy atom. The van der Waals surface area contributed by atoms with Crippen molar-refractivity contribution in [3.8, 4) is 11.8 Å². The fraction of sp³-hybridized carbons (Fsp3) is 0.167. The van der Waals surface area contributed by atoms with E-state index in [1.807, 2.05) is 61.1 Å². The van der Waals surface area contributed by atoms with Crippen LogP contribution in [0.4, 0.5) is 11.4 Å². The largest absolute Gasteiger partial charge is 0.372 e. The third-order valence-corrected chi connectivity index (χ3v) is 6.18. The van der Waals surface area contributed by atoms with Gasteiger partial charge in [0.25, 0.3) is 0 Å². The molecule has 184 valence electrons. The zero-order chi connectivity index (χ0) is 25.9. The van der Waals surface area contributed by atoms with Gasteiger partial charge >= 0.3 is 0 Å². The Labute approximate surface area is 215 Å². The highest BCUT2D eigenvalue weighted by atomic mass is 16.1. The van der Waals surface area contributed by atoms with Crippen molar-refractivity contribution < 1.29 is 9.59 Å². The third kappa shape index (κ3) is 5.24. The molecule has 5 rings (SSSR count). The maximum absolute atomic E-state index is 13.2. The van der Waals surface area contributed by atoms with E-state index < -0.39 is 0 Å². The molecule has 0 spiro atoms. The smallest absolute Gasteiger partial charge is 0.221 e. The molecule has 7 nitrogen and oxygen atoms in total. The van der Waals surface area contributed by atoms with Gasteiger partial charge in [-0.3, -0.25) is 14.0 Å². The van der Waals surface area contributed by atoms with Gasteiger partial charge in [0.05, 0.1) is 18.6 Å². The Morgan fingerprint density at radius 1 is 1.11 bits per heavy atom. The number of benzene rings is 2. The van der Waals surface area contributed by atoms with Crippen LogP contribution < -0.4 is 15.5 Å². The number of carbonyl (C=O) groups excluding carboxylic acids is 2. The second-order valence-electron chi connectivity index (χ2n) is 9.14. The van der Waals surface area contributed by atoms with Crippen LogP contribution in [0, 0.1) is 25.7 Å². The van der Waals surface area contributed by atoms with Crippen molar-refractivity contribution in [2.24, 2.45) is 0 Å². The van der Waals surface area contributed by atoms with Gasteiger partial charge in [0.1, 0.15) is 5.69 Å². The predicted molar refractivity (Wildman–Crippen MR) is 145 cm³/mol. The Kier molecular flexibility index (Phi) is 6.48. The number of ketones is 1. The van der Waals surface area contributed by atoms with Crippen LogP contribution in [0.3, 0.4) is 0 Å². The average Bonchev–Trinajstić information content (AvgIpc) is 3.54. The molecule has 2 aromatic heterocycles. The van der Waals surface area contributed by atoms with Crippen LogP contribution in [0.5, 0.6) is 0 Å². The minimum absolute atomic E-state index is 0.0458. The number of Topliss-reactive ketones (excluding diaryl/α,β-unsaturated/α-hetero) is 1. The maximum Gasteiger partial charge on any atom is 0.221 e. The van der Waals surface area contributed by atoms with Gasteiger partial charge in [0.2, 0.25) is 5.91 Å². The summed E-state index contributed by atoms with van der Waals surface area (Å²) in [7, 11) is 0. The zero-order valence-corrected chi connectivity index (χ0v) is 21.0. The molecule has 0 saturated heterocycles. The number of nitrogens with one attached hydrogen (secondary N) is 2. The lowest BCUT2D eigenvalue weighted by Crippen LogP contribution is -2.19. The van der Waals surface area contributed by atoms with Gasteiger partial charge in [-0.05, 0) is 66.8 Å².